The Morgan fingerprint density at radius 2 is 1.00 bits per heavy atom. The topological polar surface area (TPSA) is 20.4 Å². The second-order valence-corrected chi connectivity index (χ2v) is 16.2. The maximum atomic E-state index is 4.94. The van der Waals surface area contributed by atoms with Crippen molar-refractivity contribution in [2.75, 3.05) is 4.81 Å². The van der Waals surface area contributed by atoms with Crippen molar-refractivity contribution in [3.05, 3.63) is 161 Å². The van der Waals surface area contributed by atoms with Crippen molar-refractivity contribution in [2.45, 2.75) is 79.1 Å². The maximum Gasteiger partial charge on any atom is 0.238 e. The van der Waals surface area contributed by atoms with E-state index in [1.165, 1.54) is 72.5 Å². The molecule has 3 nitrogen and oxygen atoms in total. The molecule has 3 aliphatic rings. The monoisotopic (exact) mass is 899 g/mol. The number of anilines is 2. The van der Waals surface area contributed by atoms with Gasteiger partial charge in [0, 0.05) is 39.3 Å². The van der Waals surface area contributed by atoms with Crippen molar-refractivity contribution >= 4 is 64.6 Å². The van der Waals surface area contributed by atoms with E-state index in [1.807, 2.05) is 0 Å². The normalized spacial score (nSPS) is 13.4. The molecule has 6 heteroatoms. The summed E-state index contributed by atoms with van der Waals surface area (Å²) in [5.74, 6) is 1.83. The second kappa shape index (κ2) is 15.9. The van der Waals surface area contributed by atoms with Gasteiger partial charge in [-0.25, -0.2) is 0 Å². The molecule has 0 N–H and O–H groups in total. The van der Waals surface area contributed by atoms with Crippen molar-refractivity contribution in [1.82, 2.24) is 4.58 Å². The molecule has 0 saturated carbocycles. The Hall–Kier alpha value is -4.54. The van der Waals surface area contributed by atoms with Crippen molar-refractivity contribution < 1.29 is 22.4 Å². The molecule has 3 heterocycles. The molecule has 0 saturated heterocycles. The van der Waals surface area contributed by atoms with Gasteiger partial charge in [0.2, 0.25) is 6.71 Å². The van der Waals surface area contributed by atoms with Crippen LogP contribution in [0, 0.1) is 0 Å². The predicted octanol–water partition coefficient (Wildman–Crippen LogP) is 11.3. The summed E-state index contributed by atoms with van der Waals surface area (Å²) in [6.07, 6.45) is 4.00. The molecule has 9 rings (SSSR count). The number of benzene rings is 6. The molecule has 0 atom stereocenters. The minimum atomic E-state index is 0. The molecule has 0 spiro atoms. The van der Waals surface area contributed by atoms with E-state index in [2.05, 4.69) is 204 Å². The molecule has 0 aliphatic carbocycles. The van der Waals surface area contributed by atoms with Gasteiger partial charge in [0.1, 0.15) is 5.69 Å². The standard InChI is InChI=1S/C31H38BN.C18H12BN2.Au/c1-20(2)24-13-11-14-25(21(3)4)30(24)32-19-33(29-18-10-9-17-28(29)32)31-26(22(5)6)15-12-16-27(31)23(7)8;1-3-9-15-13(7-1)14-8-2-5-11-17(14)21-18-12-6-4-10-16(18)20-19(15)21;/h9-18,20-23H,1-8H3;1-12H;/q;-1;. The van der Waals surface area contributed by atoms with Crippen molar-refractivity contribution in [3.63, 3.8) is 0 Å². The van der Waals surface area contributed by atoms with Crippen LogP contribution >= 0.6 is 0 Å². The van der Waals surface area contributed by atoms with Gasteiger partial charge >= 0.3 is 0 Å². The maximum absolute atomic E-state index is 4.94. The summed E-state index contributed by atoms with van der Waals surface area (Å²) in [4.78, 5) is 2.35. The van der Waals surface area contributed by atoms with Crippen molar-refractivity contribution in [2.24, 2.45) is 0 Å². The van der Waals surface area contributed by atoms with E-state index in [0.29, 0.717) is 23.7 Å². The summed E-state index contributed by atoms with van der Waals surface area (Å²) in [6, 6.07) is 48.2. The smallest absolute Gasteiger partial charge is 0.238 e. The van der Waals surface area contributed by atoms with Gasteiger partial charge in [0.15, 0.2) is 6.98 Å². The van der Waals surface area contributed by atoms with Gasteiger partial charge in [-0.2, -0.15) is 0 Å². The summed E-state index contributed by atoms with van der Waals surface area (Å²) >= 11 is 0. The first kappa shape index (κ1) is 38.7. The Morgan fingerprint density at radius 3 is 1.62 bits per heavy atom. The zero-order valence-electron chi connectivity index (χ0n) is 33.3. The Bertz CT molecular complexity index is 2330. The minimum Gasteiger partial charge on any atom is -0.683 e. The van der Waals surface area contributed by atoms with Crippen molar-refractivity contribution in [1.29, 1.82) is 0 Å². The van der Waals surface area contributed by atoms with E-state index in [1.54, 1.807) is 0 Å². The summed E-state index contributed by atoms with van der Waals surface area (Å²) in [7, 11) is 0. The zero-order chi connectivity index (χ0) is 37.7. The van der Waals surface area contributed by atoms with Crippen LogP contribution in [0.1, 0.15) is 101 Å². The van der Waals surface area contributed by atoms with Gasteiger partial charge in [-0.05, 0) is 58.6 Å². The Kier molecular flexibility index (Phi) is 11.2. The van der Waals surface area contributed by atoms with Gasteiger partial charge in [0.05, 0.1) is 11.8 Å². The van der Waals surface area contributed by atoms with Crippen LogP contribution in [-0.2, 0) is 22.4 Å². The van der Waals surface area contributed by atoms with Crippen LogP contribution < -0.4 is 25.8 Å². The third kappa shape index (κ3) is 6.86. The second-order valence-electron chi connectivity index (χ2n) is 16.2. The van der Waals surface area contributed by atoms with E-state index in [-0.39, 0.29) is 36.1 Å². The molecule has 0 unspecified atom stereocenters. The molecule has 279 valence electrons. The number of hydrogen-bond donors (Lipinski definition) is 0. The third-order valence-corrected chi connectivity index (χ3v) is 11.4. The first-order valence-electron chi connectivity index (χ1n) is 19.8. The zero-order valence-corrected chi connectivity index (χ0v) is 35.5. The number of hydrogen-bond acceptors (Lipinski definition) is 1. The summed E-state index contributed by atoms with van der Waals surface area (Å²) in [6.45, 7) is 18.6. The molecule has 0 fully saturated rings. The number of fused-ring (bicyclic) bond motifs is 9. The fourth-order valence-corrected chi connectivity index (χ4v) is 8.77. The van der Waals surface area contributed by atoms with Gasteiger partial charge in [-0.3, -0.25) is 0 Å². The van der Waals surface area contributed by atoms with Crippen LogP contribution in [0.4, 0.5) is 28.4 Å². The molecule has 0 bridgehead atoms. The Morgan fingerprint density at radius 1 is 0.509 bits per heavy atom. The molecular formula is C49H50AuB2N3-. The van der Waals surface area contributed by atoms with E-state index in [9.17, 15) is 0 Å². The number of nitrogens with zero attached hydrogens (tertiary/aromatic N) is 3. The van der Waals surface area contributed by atoms with Crippen molar-refractivity contribution in [3.8, 4) is 11.1 Å². The van der Waals surface area contributed by atoms with Crippen LogP contribution in [0.2, 0.25) is 0 Å². The Labute approximate surface area is 345 Å². The van der Waals surface area contributed by atoms with E-state index >= 15 is 0 Å². The summed E-state index contributed by atoms with van der Waals surface area (Å²) in [5, 5.41) is 4.94. The van der Waals surface area contributed by atoms with Gasteiger partial charge in [0.25, 0.3) is 0 Å². The fourth-order valence-electron chi connectivity index (χ4n) is 8.77. The first-order valence-corrected chi connectivity index (χ1v) is 19.8. The van der Waals surface area contributed by atoms with Crippen LogP contribution in [0.25, 0.3) is 16.4 Å². The SMILES string of the molecule is CC(C)c1cccc(C(C)C)c1B1[C-]=[N+](c2c(C(C)C)cccc2C(C)C)c2ccccc21.[Au].c1ccc2c(c1)[N-]B1c3ccccc3-c3ccccc3N12. The molecule has 55 heavy (non-hydrogen) atoms. The Balaban J connectivity index is 0.000000181. The molecule has 3 aliphatic heterocycles. The van der Waals surface area contributed by atoms with Gasteiger partial charge in [-0.1, -0.05) is 198 Å². The quantitative estimate of drug-likeness (QED) is 0.0927. The van der Waals surface area contributed by atoms with E-state index < -0.39 is 0 Å². The van der Waals surface area contributed by atoms with Crippen LogP contribution in [0.5, 0.6) is 0 Å². The van der Waals surface area contributed by atoms with Gasteiger partial charge in [-0.15, -0.1) is 5.69 Å². The average Bonchev–Trinajstić information content (AvgIpc) is 3.77. The molecule has 0 aromatic heterocycles. The summed E-state index contributed by atoms with van der Waals surface area (Å²) in [5.41, 5.74) is 18.5. The largest absolute Gasteiger partial charge is 0.683 e. The molecule has 6 aromatic rings. The van der Waals surface area contributed by atoms with Gasteiger partial charge < -0.3 is 14.6 Å². The molecule has 1 radical (unpaired) electrons. The van der Waals surface area contributed by atoms with Crippen LogP contribution in [0.3, 0.4) is 0 Å². The fraction of sp³-hybridized carbons (Fsp3) is 0.245. The summed E-state index contributed by atoms with van der Waals surface area (Å²) < 4.78 is 2.39. The van der Waals surface area contributed by atoms with E-state index in [4.69, 9.17) is 5.23 Å². The number of rotatable bonds is 6. The third-order valence-electron chi connectivity index (χ3n) is 11.4. The molecule has 6 aromatic carbocycles. The molecule has 0 amide bonds. The molecular weight excluding hydrogens is 849 g/mol. The predicted molar refractivity (Wildman–Crippen MR) is 236 cm³/mol. The van der Waals surface area contributed by atoms with Crippen LogP contribution in [0.15, 0.2) is 133 Å². The van der Waals surface area contributed by atoms with Crippen LogP contribution in [-0.4, -0.2) is 19.8 Å². The minimum absolute atomic E-state index is 0. The number of para-hydroxylation sites is 4. The average molecular weight is 900 g/mol. The van der Waals surface area contributed by atoms with E-state index in [0.717, 1.165) is 5.69 Å². The first-order chi connectivity index (χ1) is 26.2.